The van der Waals surface area contributed by atoms with Gasteiger partial charge in [-0.1, -0.05) is 6.07 Å². The molecular weight excluding hydrogens is 287 g/mol. The number of benzene rings is 1. The number of amides is 1. The second kappa shape index (κ2) is 5.69. The van der Waals surface area contributed by atoms with E-state index in [0.29, 0.717) is 25.1 Å². The van der Waals surface area contributed by atoms with Gasteiger partial charge in [0.2, 0.25) is 0 Å². The van der Waals surface area contributed by atoms with Gasteiger partial charge < -0.3 is 10.6 Å². The molecule has 0 unspecified atom stereocenters. The molecule has 0 aliphatic carbocycles. The van der Waals surface area contributed by atoms with Crippen molar-refractivity contribution in [3.8, 4) is 0 Å². The zero-order valence-corrected chi connectivity index (χ0v) is 12.0. The van der Waals surface area contributed by atoms with Gasteiger partial charge in [-0.05, 0) is 36.2 Å². The van der Waals surface area contributed by atoms with Gasteiger partial charge in [-0.15, -0.1) is 0 Å². The van der Waals surface area contributed by atoms with Crippen LogP contribution in [0, 0.1) is 5.82 Å². The number of halogens is 1. The summed E-state index contributed by atoms with van der Waals surface area (Å²) in [6.07, 6.45) is 0.586. The van der Waals surface area contributed by atoms with Crippen molar-refractivity contribution in [1.29, 1.82) is 0 Å². The summed E-state index contributed by atoms with van der Waals surface area (Å²) in [5.41, 5.74) is 1.40. The number of hydrogen-bond donors (Lipinski definition) is 2. The fourth-order valence-corrected chi connectivity index (χ4v) is 2.44. The molecule has 1 aliphatic heterocycles. The van der Waals surface area contributed by atoms with Crippen LogP contribution in [0.3, 0.4) is 0 Å². The van der Waals surface area contributed by atoms with Crippen molar-refractivity contribution in [2.24, 2.45) is 7.05 Å². The highest BCUT2D eigenvalue weighted by Gasteiger charge is 2.18. The highest BCUT2D eigenvalue weighted by Crippen LogP contribution is 2.24. The molecule has 1 aromatic heterocycles. The zero-order chi connectivity index (χ0) is 15.7. The molecule has 0 saturated carbocycles. The number of nitrogens with one attached hydrogen (secondary N) is 2. The van der Waals surface area contributed by atoms with E-state index >= 15 is 0 Å². The fraction of sp³-hybridized carbons (Fsp3) is 0.267. The van der Waals surface area contributed by atoms with E-state index in [-0.39, 0.29) is 16.9 Å². The maximum absolute atomic E-state index is 14.5. The first-order valence-electron chi connectivity index (χ1n) is 6.93. The van der Waals surface area contributed by atoms with Crippen molar-refractivity contribution in [2.75, 3.05) is 11.9 Å². The van der Waals surface area contributed by atoms with E-state index in [9.17, 15) is 14.0 Å². The highest BCUT2D eigenvalue weighted by atomic mass is 19.1. The van der Waals surface area contributed by atoms with Crippen molar-refractivity contribution < 1.29 is 9.18 Å². The Bertz CT molecular complexity index is 801. The molecule has 114 valence electrons. The van der Waals surface area contributed by atoms with Crippen LogP contribution in [0.15, 0.2) is 29.1 Å². The summed E-state index contributed by atoms with van der Waals surface area (Å²) >= 11 is 0. The first-order chi connectivity index (χ1) is 10.6. The van der Waals surface area contributed by atoms with Gasteiger partial charge in [0.1, 0.15) is 11.5 Å². The largest absolute Gasteiger partial charge is 0.318 e. The van der Waals surface area contributed by atoms with E-state index in [0.717, 1.165) is 10.2 Å². The van der Waals surface area contributed by atoms with E-state index in [1.807, 2.05) is 0 Å². The van der Waals surface area contributed by atoms with Crippen LogP contribution in [-0.2, 0) is 20.0 Å². The minimum atomic E-state index is -0.552. The number of nitrogens with zero attached hydrogens (tertiary/aromatic N) is 2. The lowest BCUT2D eigenvalue weighted by Crippen LogP contribution is -2.26. The Morgan fingerprint density at radius 1 is 1.36 bits per heavy atom. The van der Waals surface area contributed by atoms with Crippen LogP contribution < -0.4 is 16.2 Å². The van der Waals surface area contributed by atoms with E-state index in [1.54, 1.807) is 12.1 Å². The third-order valence-corrected chi connectivity index (χ3v) is 3.65. The molecule has 2 N–H and O–H groups in total. The number of aromatic nitrogens is 2. The lowest BCUT2D eigenvalue weighted by molar-refractivity contribution is 0.101. The first-order valence-corrected chi connectivity index (χ1v) is 6.93. The van der Waals surface area contributed by atoms with Crippen molar-refractivity contribution >= 4 is 11.6 Å². The van der Waals surface area contributed by atoms with Crippen LogP contribution >= 0.6 is 0 Å². The molecule has 0 saturated heterocycles. The molecule has 0 spiro atoms. The van der Waals surface area contributed by atoms with E-state index in [2.05, 4.69) is 15.7 Å². The second-order valence-corrected chi connectivity index (χ2v) is 5.13. The number of aryl methyl sites for hydroxylation is 1. The number of carbonyl (C=O) groups is 1. The second-order valence-electron chi connectivity index (χ2n) is 5.13. The predicted octanol–water partition coefficient (Wildman–Crippen LogP) is 0.817. The topological polar surface area (TPSA) is 76.0 Å². The van der Waals surface area contributed by atoms with Gasteiger partial charge in [-0.25, -0.2) is 9.07 Å². The van der Waals surface area contributed by atoms with Crippen LogP contribution in [0.4, 0.5) is 10.1 Å². The Kier molecular flexibility index (Phi) is 3.72. The van der Waals surface area contributed by atoms with Gasteiger partial charge in [-0.2, -0.15) is 5.10 Å². The Labute approximate surface area is 126 Å². The molecule has 1 aromatic carbocycles. The minimum Gasteiger partial charge on any atom is -0.318 e. The third kappa shape index (κ3) is 2.62. The van der Waals surface area contributed by atoms with Crippen LogP contribution in [0.2, 0.25) is 0 Å². The summed E-state index contributed by atoms with van der Waals surface area (Å²) in [5, 5.41) is 9.53. The molecule has 3 rings (SSSR count). The molecule has 1 aliphatic rings. The lowest BCUT2D eigenvalue weighted by atomic mass is 9.99. The van der Waals surface area contributed by atoms with E-state index < -0.39 is 11.7 Å². The van der Waals surface area contributed by atoms with Gasteiger partial charge in [0.05, 0.1) is 5.69 Å². The van der Waals surface area contributed by atoms with Gasteiger partial charge >= 0.3 is 0 Å². The minimum absolute atomic E-state index is 0.0564. The monoisotopic (exact) mass is 302 g/mol. The molecule has 0 bridgehead atoms. The normalized spacial score (nSPS) is 13.5. The third-order valence-electron chi connectivity index (χ3n) is 3.65. The summed E-state index contributed by atoms with van der Waals surface area (Å²) in [6.45, 7) is 1.34. The smallest absolute Gasteiger partial charge is 0.276 e. The maximum Gasteiger partial charge on any atom is 0.276 e. The molecule has 2 aromatic rings. The summed E-state index contributed by atoms with van der Waals surface area (Å²) in [7, 11) is 1.45. The molecule has 22 heavy (non-hydrogen) atoms. The Morgan fingerprint density at radius 2 is 2.18 bits per heavy atom. The predicted molar refractivity (Wildman–Crippen MR) is 79.2 cm³/mol. The fourth-order valence-electron chi connectivity index (χ4n) is 2.44. The zero-order valence-electron chi connectivity index (χ0n) is 12.0. The number of rotatable bonds is 2. The lowest BCUT2D eigenvalue weighted by Gasteiger charge is -2.19. The van der Waals surface area contributed by atoms with Crippen LogP contribution in [0.5, 0.6) is 0 Å². The Hall–Kier alpha value is -2.54. The van der Waals surface area contributed by atoms with Gasteiger partial charge in [0.15, 0.2) is 0 Å². The van der Waals surface area contributed by atoms with Crippen molar-refractivity contribution in [1.82, 2.24) is 15.1 Å². The average Bonchev–Trinajstić information content (AvgIpc) is 2.53. The molecule has 2 heterocycles. The summed E-state index contributed by atoms with van der Waals surface area (Å²) in [5.74, 6) is -0.958. The molecule has 1 amide bonds. The van der Waals surface area contributed by atoms with Gasteiger partial charge in [0.25, 0.3) is 11.5 Å². The van der Waals surface area contributed by atoms with Crippen molar-refractivity contribution in [3.05, 3.63) is 57.3 Å². The van der Waals surface area contributed by atoms with Crippen LogP contribution in [0.1, 0.15) is 21.6 Å². The standard InChI is InChI=1S/C15H15FN4O2/c1-20-13(21)5-4-12(19-20)15(22)18-11-3-2-9-8-17-7-6-10(9)14(11)16/h2-5,17H,6-8H2,1H3,(H,18,22). The summed E-state index contributed by atoms with van der Waals surface area (Å²) < 4.78 is 15.5. The van der Waals surface area contributed by atoms with Crippen molar-refractivity contribution in [2.45, 2.75) is 13.0 Å². The molecule has 0 fully saturated rings. The molecular formula is C15H15FN4O2. The van der Waals surface area contributed by atoms with Gasteiger partial charge in [-0.3, -0.25) is 9.59 Å². The number of carbonyl (C=O) groups excluding carboxylic acids is 1. The highest BCUT2D eigenvalue weighted by molar-refractivity contribution is 6.02. The molecule has 0 radical (unpaired) electrons. The van der Waals surface area contributed by atoms with Gasteiger partial charge in [0, 0.05) is 19.7 Å². The van der Waals surface area contributed by atoms with Crippen LogP contribution in [-0.4, -0.2) is 22.2 Å². The number of anilines is 1. The first kappa shape index (κ1) is 14.4. The van der Waals surface area contributed by atoms with E-state index in [1.165, 1.54) is 19.2 Å². The SMILES string of the molecule is Cn1nc(C(=O)Nc2ccc3c(c2F)CCNC3)ccc1=O. The quantitative estimate of drug-likeness (QED) is 0.861. The number of fused-ring (bicyclic) bond motifs is 1. The maximum atomic E-state index is 14.5. The number of hydrogen-bond acceptors (Lipinski definition) is 4. The molecule has 6 nitrogen and oxygen atoms in total. The molecule has 0 atom stereocenters. The molecule has 7 heteroatoms. The van der Waals surface area contributed by atoms with Crippen molar-refractivity contribution in [3.63, 3.8) is 0 Å². The Balaban J connectivity index is 1.88. The summed E-state index contributed by atoms with van der Waals surface area (Å²) in [4.78, 5) is 23.4. The van der Waals surface area contributed by atoms with E-state index in [4.69, 9.17) is 0 Å². The van der Waals surface area contributed by atoms with Crippen LogP contribution in [0.25, 0.3) is 0 Å². The Morgan fingerprint density at radius 3 is 2.95 bits per heavy atom. The average molecular weight is 302 g/mol. The summed E-state index contributed by atoms with van der Waals surface area (Å²) in [6, 6.07) is 5.91.